The molecule has 0 bridgehead atoms. The third kappa shape index (κ3) is 8.54. The van der Waals surface area contributed by atoms with Gasteiger partial charge in [0, 0.05) is 37.8 Å². The maximum atomic E-state index is 13.8. The number of amides is 1. The average Bonchev–Trinajstić information content (AvgIpc) is 3.06. The fourth-order valence-electron chi connectivity index (χ4n) is 6.93. The van der Waals surface area contributed by atoms with Gasteiger partial charge in [0.05, 0.1) is 35.1 Å². The van der Waals surface area contributed by atoms with Gasteiger partial charge in [0.15, 0.2) is 0 Å². The Bertz CT molecular complexity index is 1570. The molecule has 0 radical (unpaired) electrons. The fourth-order valence-corrected chi connectivity index (χ4v) is 6.93. The molecule has 3 heterocycles. The number of nitrogens with zero attached hydrogens (tertiary/aromatic N) is 5. The molecule has 49 heavy (non-hydrogen) atoms. The van der Waals surface area contributed by atoms with Gasteiger partial charge in [-0.3, -0.25) is 4.79 Å². The van der Waals surface area contributed by atoms with Gasteiger partial charge < -0.3 is 24.9 Å². The second-order valence-corrected chi connectivity index (χ2v) is 12.6. The largest absolute Gasteiger partial charge is 0.481 e. The Balaban J connectivity index is 1.53. The van der Waals surface area contributed by atoms with Crippen molar-refractivity contribution in [1.82, 2.24) is 14.9 Å². The maximum absolute atomic E-state index is 13.8. The maximum Gasteiger partial charge on any atom is 0.416 e. The molecule has 3 atom stereocenters. The molecule has 2 aromatic carbocycles. The summed E-state index contributed by atoms with van der Waals surface area (Å²) < 4.78 is 82.9. The van der Waals surface area contributed by atoms with Crippen LogP contribution in [0.4, 0.5) is 42.8 Å². The van der Waals surface area contributed by atoms with Crippen LogP contribution >= 0.6 is 0 Å². The van der Waals surface area contributed by atoms with E-state index in [2.05, 4.69) is 9.97 Å². The Labute approximate surface area is 279 Å². The van der Waals surface area contributed by atoms with Gasteiger partial charge >= 0.3 is 24.4 Å². The van der Waals surface area contributed by atoms with Crippen molar-refractivity contribution in [3.63, 3.8) is 0 Å². The minimum Gasteiger partial charge on any atom is -0.481 e. The molecule has 15 heteroatoms. The van der Waals surface area contributed by atoms with Crippen molar-refractivity contribution < 1.29 is 46.1 Å². The molecule has 3 aromatic rings. The summed E-state index contributed by atoms with van der Waals surface area (Å²) in [6, 6.07) is 9.10. The lowest BCUT2D eigenvalue weighted by Crippen LogP contribution is -2.57. The third-order valence-corrected chi connectivity index (χ3v) is 9.41. The molecule has 2 saturated heterocycles. The van der Waals surface area contributed by atoms with E-state index < -0.39 is 66.1 Å². The standard InChI is InChI=1S/C34H37F6N5O4/c1-2-26-16-27(17-28(45(26)32(48)49)14-21-6-4-3-5-7-21)44(20-22-12-24(33(35,36)37)15-25(13-22)34(38,39)40)31-41-18-29(19-42-31)43-10-8-23(9-11-43)30(46)47/h3-7,12-13,15,18-19,23,26-28H,2,8-11,14,16-17,20H2,1H3,(H,46,47)(H,48,49). The van der Waals surface area contributed by atoms with Crippen LogP contribution in [0, 0.1) is 5.92 Å². The number of carbonyl (C=O) groups is 2. The first-order valence-electron chi connectivity index (χ1n) is 16.0. The molecular formula is C34H37F6N5O4. The average molecular weight is 694 g/mol. The van der Waals surface area contributed by atoms with Crippen LogP contribution in [0.5, 0.6) is 0 Å². The summed E-state index contributed by atoms with van der Waals surface area (Å²) in [6.07, 6.45) is -6.09. The number of hydrogen-bond acceptors (Lipinski definition) is 6. The summed E-state index contributed by atoms with van der Waals surface area (Å²) in [5, 5.41) is 19.6. The van der Waals surface area contributed by atoms with Crippen molar-refractivity contribution in [2.24, 2.45) is 5.92 Å². The molecule has 9 nitrogen and oxygen atoms in total. The number of piperidine rings is 2. The van der Waals surface area contributed by atoms with Crippen LogP contribution in [0.3, 0.4) is 0 Å². The van der Waals surface area contributed by atoms with Crippen LogP contribution in [0.15, 0.2) is 60.9 Å². The first kappa shape index (κ1) is 35.7. The van der Waals surface area contributed by atoms with E-state index in [9.17, 15) is 46.1 Å². The third-order valence-electron chi connectivity index (χ3n) is 9.41. The summed E-state index contributed by atoms with van der Waals surface area (Å²) in [6.45, 7) is 2.32. The van der Waals surface area contributed by atoms with E-state index in [4.69, 9.17) is 0 Å². The van der Waals surface area contributed by atoms with Crippen molar-refractivity contribution >= 4 is 23.7 Å². The van der Waals surface area contributed by atoms with Crippen molar-refractivity contribution in [3.8, 4) is 0 Å². The second kappa shape index (κ2) is 14.5. The number of carboxylic acids is 1. The zero-order chi connectivity index (χ0) is 35.5. The first-order valence-corrected chi connectivity index (χ1v) is 16.0. The van der Waals surface area contributed by atoms with Crippen molar-refractivity contribution in [3.05, 3.63) is 83.2 Å². The Morgan fingerprint density at radius 3 is 1.94 bits per heavy atom. The molecule has 5 rings (SSSR count). The van der Waals surface area contributed by atoms with E-state index in [0.29, 0.717) is 56.6 Å². The van der Waals surface area contributed by atoms with E-state index in [0.717, 1.165) is 5.56 Å². The Hall–Kier alpha value is -4.56. The predicted octanol–water partition coefficient (Wildman–Crippen LogP) is 7.35. The number of carboxylic acid groups (broad SMARTS) is 2. The lowest BCUT2D eigenvalue weighted by Gasteiger charge is -2.47. The lowest BCUT2D eigenvalue weighted by atomic mass is 9.86. The number of hydrogen-bond donors (Lipinski definition) is 2. The summed E-state index contributed by atoms with van der Waals surface area (Å²) >= 11 is 0. The van der Waals surface area contributed by atoms with Gasteiger partial charge in [0.25, 0.3) is 0 Å². The molecule has 0 spiro atoms. The normalized spacial score (nSPS) is 20.7. The van der Waals surface area contributed by atoms with Crippen LogP contribution in [0.1, 0.15) is 61.3 Å². The highest BCUT2D eigenvalue weighted by Crippen LogP contribution is 2.38. The number of alkyl halides is 6. The van der Waals surface area contributed by atoms with E-state index >= 15 is 0 Å². The molecule has 1 amide bonds. The van der Waals surface area contributed by atoms with Gasteiger partial charge in [-0.05, 0) is 67.9 Å². The number of anilines is 2. The molecule has 2 fully saturated rings. The highest BCUT2D eigenvalue weighted by Gasteiger charge is 2.42. The van der Waals surface area contributed by atoms with Crippen molar-refractivity contribution in [2.75, 3.05) is 22.9 Å². The predicted molar refractivity (Wildman–Crippen MR) is 168 cm³/mol. The molecule has 264 valence electrons. The molecule has 2 aliphatic rings. The van der Waals surface area contributed by atoms with E-state index in [1.165, 1.54) is 17.3 Å². The molecule has 3 unspecified atom stereocenters. The van der Waals surface area contributed by atoms with Crippen LogP contribution in [0.2, 0.25) is 0 Å². The number of aromatic nitrogens is 2. The Kier molecular flexibility index (Phi) is 10.6. The van der Waals surface area contributed by atoms with Gasteiger partial charge in [-0.2, -0.15) is 26.3 Å². The zero-order valence-corrected chi connectivity index (χ0v) is 26.7. The number of aliphatic carboxylic acids is 1. The van der Waals surface area contributed by atoms with Gasteiger partial charge in [0.1, 0.15) is 0 Å². The molecular weight excluding hydrogens is 656 g/mol. The summed E-state index contributed by atoms with van der Waals surface area (Å²) in [5.74, 6) is -1.26. The number of likely N-dealkylation sites (tertiary alicyclic amines) is 1. The topological polar surface area (TPSA) is 110 Å². The highest BCUT2D eigenvalue weighted by atomic mass is 19.4. The number of benzene rings is 2. The van der Waals surface area contributed by atoms with Gasteiger partial charge in [0.2, 0.25) is 5.95 Å². The van der Waals surface area contributed by atoms with Crippen LogP contribution in [-0.4, -0.2) is 68.4 Å². The molecule has 0 saturated carbocycles. The summed E-state index contributed by atoms with van der Waals surface area (Å²) in [4.78, 5) is 37.8. The quantitative estimate of drug-likeness (QED) is 0.224. The monoisotopic (exact) mass is 693 g/mol. The smallest absolute Gasteiger partial charge is 0.416 e. The SMILES string of the molecule is CCC1CC(N(Cc2cc(C(F)(F)F)cc(C(F)(F)F)c2)c2ncc(N3CCC(C(=O)O)CC3)cn2)CC(Cc2ccccc2)N1C(=O)O. The van der Waals surface area contributed by atoms with Crippen molar-refractivity contribution in [1.29, 1.82) is 0 Å². The van der Waals surface area contributed by atoms with Crippen LogP contribution in [0.25, 0.3) is 0 Å². The molecule has 2 N–H and O–H groups in total. The van der Waals surface area contributed by atoms with Crippen molar-refractivity contribution in [2.45, 2.75) is 82.5 Å². The molecule has 2 aliphatic heterocycles. The number of rotatable bonds is 9. The number of halogens is 6. The van der Waals surface area contributed by atoms with Gasteiger partial charge in [-0.15, -0.1) is 0 Å². The first-order chi connectivity index (χ1) is 23.1. The Morgan fingerprint density at radius 2 is 1.43 bits per heavy atom. The summed E-state index contributed by atoms with van der Waals surface area (Å²) in [5.41, 5.74) is -1.65. The van der Waals surface area contributed by atoms with Crippen LogP contribution in [-0.2, 0) is 30.1 Å². The van der Waals surface area contributed by atoms with Gasteiger partial charge in [-0.1, -0.05) is 37.3 Å². The van der Waals surface area contributed by atoms with Crippen LogP contribution < -0.4 is 9.80 Å². The van der Waals surface area contributed by atoms with E-state index in [1.807, 2.05) is 42.2 Å². The molecule has 1 aromatic heterocycles. The lowest BCUT2D eigenvalue weighted by molar-refractivity contribution is -0.144. The Morgan fingerprint density at radius 1 is 0.857 bits per heavy atom. The van der Waals surface area contributed by atoms with Gasteiger partial charge in [-0.25, -0.2) is 14.8 Å². The minimum atomic E-state index is -5.03. The second-order valence-electron chi connectivity index (χ2n) is 12.6. The summed E-state index contributed by atoms with van der Waals surface area (Å²) in [7, 11) is 0. The molecule has 0 aliphatic carbocycles. The zero-order valence-electron chi connectivity index (χ0n) is 26.7. The fraction of sp³-hybridized carbons (Fsp3) is 0.471. The highest BCUT2D eigenvalue weighted by molar-refractivity contribution is 5.70. The van der Waals surface area contributed by atoms with E-state index in [-0.39, 0.29) is 30.4 Å². The minimum absolute atomic E-state index is 0.0669. The van der Waals surface area contributed by atoms with E-state index in [1.54, 1.807) is 4.90 Å².